The molecule has 1 atom stereocenters. The molecule has 0 radical (unpaired) electrons. The van der Waals surface area contributed by atoms with Crippen LogP contribution in [0.15, 0.2) is 0 Å². The van der Waals surface area contributed by atoms with E-state index in [1.54, 1.807) is 0 Å². The minimum Gasteiger partial charge on any atom is -0.310 e. The third kappa shape index (κ3) is 2.41. The van der Waals surface area contributed by atoms with E-state index >= 15 is 0 Å². The van der Waals surface area contributed by atoms with E-state index in [-0.39, 0.29) is 0 Å². The molecule has 1 unspecified atom stereocenters. The molecule has 56 valence electrons. The lowest BCUT2D eigenvalue weighted by Crippen LogP contribution is -2.29. The van der Waals surface area contributed by atoms with Gasteiger partial charge in [0.05, 0.1) is 0 Å². The summed E-state index contributed by atoms with van der Waals surface area (Å²) in [6.07, 6.45) is 9.94. The van der Waals surface area contributed by atoms with Crippen molar-refractivity contribution in [1.82, 2.24) is 5.32 Å². The van der Waals surface area contributed by atoms with Crippen LogP contribution in [-0.2, 0) is 0 Å². The minimum absolute atomic E-state index is 0.567. The van der Waals surface area contributed by atoms with Crippen molar-refractivity contribution >= 4 is 0 Å². The van der Waals surface area contributed by atoms with Gasteiger partial charge in [-0.15, -0.1) is 12.3 Å². The predicted octanol–water partition coefficient (Wildman–Crippen LogP) is 1.54. The largest absolute Gasteiger partial charge is 0.310 e. The number of nitrogens with one attached hydrogen (secondary N) is 1. The number of rotatable bonds is 4. The first-order chi connectivity index (χ1) is 4.86. The molecule has 1 nitrogen and oxygen atoms in total. The van der Waals surface area contributed by atoms with Crippen LogP contribution in [0.4, 0.5) is 0 Å². The maximum Gasteiger partial charge on any atom is 0.0240 e. The number of hydrogen-bond donors (Lipinski definition) is 1. The summed E-state index contributed by atoms with van der Waals surface area (Å²) in [4.78, 5) is 0. The zero-order valence-electron chi connectivity index (χ0n) is 6.56. The first kappa shape index (κ1) is 7.63. The second-order valence-corrected chi connectivity index (χ2v) is 2.95. The van der Waals surface area contributed by atoms with Crippen LogP contribution in [0.5, 0.6) is 0 Å². The van der Waals surface area contributed by atoms with Crippen molar-refractivity contribution in [2.24, 2.45) is 0 Å². The fourth-order valence-corrected chi connectivity index (χ4v) is 1.05. The van der Waals surface area contributed by atoms with Crippen molar-refractivity contribution in [3.8, 4) is 12.3 Å². The van der Waals surface area contributed by atoms with Crippen molar-refractivity contribution in [2.75, 3.05) is 0 Å². The smallest absolute Gasteiger partial charge is 0.0240 e. The zero-order valence-corrected chi connectivity index (χ0v) is 6.56. The number of hydrogen-bond acceptors (Lipinski definition) is 1. The molecule has 0 spiro atoms. The number of terminal acetylenes is 1. The molecule has 0 aromatic heterocycles. The Kier molecular flexibility index (Phi) is 2.77. The third-order valence-electron chi connectivity index (χ3n) is 1.91. The summed E-state index contributed by atoms with van der Waals surface area (Å²) in [6, 6.07) is 1.36. The summed E-state index contributed by atoms with van der Waals surface area (Å²) in [5, 5.41) is 3.50. The van der Waals surface area contributed by atoms with E-state index in [9.17, 15) is 0 Å². The fourth-order valence-electron chi connectivity index (χ4n) is 1.05. The molecule has 1 heteroatoms. The highest BCUT2D eigenvalue weighted by Crippen LogP contribution is 2.20. The molecular weight excluding hydrogens is 122 g/mol. The van der Waals surface area contributed by atoms with Gasteiger partial charge in [-0.3, -0.25) is 0 Å². The topological polar surface area (TPSA) is 12.0 Å². The molecule has 10 heavy (non-hydrogen) atoms. The zero-order chi connectivity index (χ0) is 7.40. The van der Waals surface area contributed by atoms with Crippen LogP contribution < -0.4 is 5.32 Å². The standard InChI is InChI=1S/C9H15N/c1-3-5-8(4-2)10-9-6-7-9/h1,8-10H,4-7H2,2H3. The van der Waals surface area contributed by atoms with Gasteiger partial charge in [-0.05, 0) is 19.3 Å². The van der Waals surface area contributed by atoms with Gasteiger partial charge in [0.1, 0.15) is 0 Å². The Morgan fingerprint density at radius 2 is 2.40 bits per heavy atom. The van der Waals surface area contributed by atoms with Crippen molar-refractivity contribution in [1.29, 1.82) is 0 Å². The van der Waals surface area contributed by atoms with Gasteiger partial charge in [-0.2, -0.15) is 0 Å². The minimum atomic E-state index is 0.567. The van der Waals surface area contributed by atoms with Crippen LogP contribution in [0.1, 0.15) is 32.6 Å². The maximum absolute atomic E-state index is 5.21. The summed E-state index contributed by atoms with van der Waals surface area (Å²) in [5.41, 5.74) is 0. The van der Waals surface area contributed by atoms with Gasteiger partial charge in [-0.1, -0.05) is 6.92 Å². The Morgan fingerprint density at radius 1 is 1.70 bits per heavy atom. The van der Waals surface area contributed by atoms with Crippen LogP contribution in [0.2, 0.25) is 0 Å². The van der Waals surface area contributed by atoms with Gasteiger partial charge in [0, 0.05) is 18.5 Å². The van der Waals surface area contributed by atoms with Gasteiger partial charge >= 0.3 is 0 Å². The summed E-state index contributed by atoms with van der Waals surface area (Å²) in [5.74, 6) is 2.69. The van der Waals surface area contributed by atoms with E-state index < -0.39 is 0 Å². The van der Waals surface area contributed by atoms with E-state index in [2.05, 4.69) is 18.2 Å². The lowest BCUT2D eigenvalue weighted by Gasteiger charge is -2.12. The maximum atomic E-state index is 5.21. The van der Waals surface area contributed by atoms with Crippen molar-refractivity contribution in [2.45, 2.75) is 44.7 Å². The van der Waals surface area contributed by atoms with E-state index in [1.807, 2.05) is 0 Å². The molecule has 0 saturated heterocycles. The van der Waals surface area contributed by atoms with Gasteiger partial charge < -0.3 is 5.32 Å². The molecule has 1 rings (SSSR count). The molecular formula is C9H15N. The molecule has 0 aliphatic heterocycles. The van der Waals surface area contributed by atoms with Crippen LogP contribution in [0.25, 0.3) is 0 Å². The van der Waals surface area contributed by atoms with Crippen molar-refractivity contribution in [3.63, 3.8) is 0 Å². The summed E-state index contributed by atoms with van der Waals surface area (Å²) >= 11 is 0. The Bertz CT molecular complexity index is 130. The predicted molar refractivity (Wildman–Crippen MR) is 43.7 cm³/mol. The Hall–Kier alpha value is -0.480. The summed E-state index contributed by atoms with van der Waals surface area (Å²) in [6.45, 7) is 2.18. The van der Waals surface area contributed by atoms with E-state index in [0.717, 1.165) is 18.9 Å². The molecule has 0 heterocycles. The van der Waals surface area contributed by atoms with Crippen LogP contribution in [0, 0.1) is 12.3 Å². The van der Waals surface area contributed by atoms with Crippen LogP contribution in [0.3, 0.4) is 0 Å². The van der Waals surface area contributed by atoms with Gasteiger partial charge in [0.15, 0.2) is 0 Å². The quantitative estimate of drug-likeness (QED) is 0.579. The van der Waals surface area contributed by atoms with E-state index in [4.69, 9.17) is 6.42 Å². The SMILES string of the molecule is C#CCC(CC)NC1CC1. The van der Waals surface area contributed by atoms with Crippen LogP contribution in [-0.4, -0.2) is 12.1 Å². The fraction of sp³-hybridized carbons (Fsp3) is 0.778. The Morgan fingerprint density at radius 3 is 2.80 bits per heavy atom. The van der Waals surface area contributed by atoms with Gasteiger partial charge in [0.25, 0.3) is 0 Å². The molecule has 1 fully saturated rings. The van der Waals surface area contributed by atoms with Gasteiger partial charge in [-0.25, -0.2) is 0 Å². The molecule has 1 saturated carbocycles. The third-order valence-corrected chi connectivity index (χ3v) is 1.91. The molecule has 0 bridgehead atoms. The molecule has 0 amide bonds. The lowest BCUT2D eigenvalue weighted by molar-refractivity contribution is 0.504. The Balaban J connectivity index is 2.12. The second-order valence-electron chi connectivity index (χ2n) is 2.95. The van der Waals surface area contributed by atoms with E-state index in [1.165, 1.54) is 12.8 Å². The average molecular weight is 137 g/mol. The van der Waals surface area contributed by atoms with Crippen LogP contribution >= 0.6 is 0 Å². The average Bonchev–Trinajstić information content (AvgIpc) is 2.71. The molecule has 1 aliphatic rings. The summed E-state index contributed by atoms with van der Waals surface area (Å²) < 4.78 is 0. The normalized spacial score (nSPS) is 20.0. The summed E-state index contributed by atoms with van der Waals surface area (Å²) in [7, 11) is 0. The molecule has 1 N–H and O–H groups in total. The monoisotopic (exact) mass is 137 g/mol. The van der Waals surface area contributed by atoms with Gasteiger partial charge in [0.2, 0.25) is 0 Å². The highest BCUT2D eigenvalue weighted by atomic mass is 15.0. The lowest BCUT2D eigenvalue weighted by atomic mass is 10.1. The molecule has 1 aliphatic carbocycles. The second kappa shape index (κ2) is 3.63. The first-order valence-electron chi connectivity index (χ1n) is 4.06. The molecule has 0 aromatic rings. The first-order valence-corrected chi connectivity index (χ1v) is 4.06. The van der Waals surface area contributed by atoms with E-state index in [0.29, 0.717) is 6.04 Å². The highest BCUT2D eigenvalue weighted by molar-refractivity contribution is 4.92. The van der Waals surface area contributed by atoms with Crippen molar-refractivity contribution in [3.05, 3.63) is 0 Å². The highest BCUT2D eigenvalue weighted by Gasteiger charge is 2.22. The Labute approximate surface area is 63.2 Å². The van der Waals surface area contributed by atoms with Crippen molar-refractivity contribution < 1.29 is 0 Å². The molecule has 0 aromatic carbocycles.